The van der Waals surface area contributed by atoms with E-state index in [4.69, 9.17) is 4.74 Å². The van der Waals surface area contributed by atoms with Gasteiger partial charge in [-0.3, -0.25) is 0 Å². The van der Waals surface area contributed by atoms with Gasteiger partial charge in [0.1, 0.15) is 5.75 Å². The van der Waals surface area contributed by atoms with Gasteiger partial charge < -0.3 is 4.74 Å². The average molecular weight is 174 g/mol. The second-order valence-electron chi connectivity index (χ2n) is 2.84. The number of ether oxygens (including phenoxy) is 1. The molecule has 0 aliphatic rings. The molecule has 1 heteroatoms. The molecular weight excluding hydrogens is 160 g/mol. The van der Waals surface area contributed by atoms with E-state index in [1.165, 1.54) is 0 Å². The molecule has 0 aliphatic heterocycles. The number of hydrogen-bond donors (Lipinski definition) is 0. The molecule has 0 N–H and O–H groups in total. The minimum Gasteiger partial charge on any atom is -0.496 e. The summed E-state index contributed by atoms with van der Waals surface area (Å²) in [6.45, 7) is 4.06. The molecule has 0 bridgehead atoms. The van der Waals surface area contributed by atoms with Crippen LogP contribution in [0.2, 0.25) is 0 Å². The van der Waals surface area contributed by atoms with Gasteiger partial charge in [0.25, 0.3) is 0 Å². The minimum atomic E-state index is 0.885. The largest absolute Gasteiger partial charge is 0.496 e. The number of hydrogen-bond acceptors (Lipinski definition) is 1. The highest BCUT2D eigenvalue weighted by Crippen LogP contribution is 2.18. The molecule has 0 aromatic heterocycles. The van der Waals surface area contributed by atoms with Crippen molar-refractivity contribution in [3.8, 4) is 17.6 Å². The van der Waals surface area contributed by atoms with E-state index in [0.29, 0.717) is 0 Å². The highest BCUT2D eigenvalue weighted by Gasteiger charge is 1.97. The molecule has 0 aliphatic carbocycles. The number of rotatable bonds is 1. The highest BCUT2D eigenvalue weighted by atomic mass is 16.5. The van der Waals surface area contributed by atoms with E-state index in [0.717, 1.165) is 23.3 Å². The molecule has 0 atom stereocenters. The van der Waals surface area contributed by atoms with Gasteiger partial charge in [0.05, 0.1) is 7.11 Å². The zero-order chi connectivity index (χ0) is 9.68. The number of aryl methyl sites for hydroxylation is 1. The Hall–Kier alpha value is -1.42. The Morgan fingerprint density at radius 1 is 1.38 bits per heavy atom. The highest BCUT2D eigenvalue weighted by molar-refractivity contribution is 5.43. The zero-order valence-corrected chi connectivity index (χ0v) is 8.35. The molecule has 0 heterocycles. The SMILES string of the molecule is CCC#Cc1ccc(C)c(OC)c1. The third-order valence-corrected chi connectivity index (χ3v) is 1.82. The van der Waals surface area contributed by atoms with Crippen LogP contribution >= 0.6 is 0 Å². The van der Waals surface area contributed by atoms with Crippen LogP contribution < -0.4 is 4.74 Å². The molecule has 1 aromatic carbocycles. The van der Waals surface area contributed by atoms with Crippen LogP contribution in [0.25, 0.3) is 0 Å². The fraction of sp³-hybridized carbons (Fsp3) is 0.333. The van der Waals surface area contributed by atoms with E-state index in [9.17, 15) is 0 Å². The van der Waals surface area contributed by atoms with Crippen LogP contribution in [-0.2, 0) is 0 Å². The molecular formula is C12H14O. The minimum absolute atomic E-state index is 0.885. The lowest BCUT2D eigenvalue weighted by Crippen LogP contribution is -1.87. The summed E-state index contributed by atoms with van der Waals surface area (Å²) < 4.78 is 5.20. The molecule has 1 aromatic rings. The van der Waals surface area contributed by atoms with Crippen LogP contribution in [-0.4, -0.2) is 7.11 Å². The van der Waals surface area contributed by atoms with Crippen molar-refractivity contribution in [1.82, 2.24) is 0 Å². The lowest BCUT2D eigenvalue weighted by Gasteiger charge is -2.03. The van der Waals surface area contributed by atoms with E-state index in [2.05, 4.69) is 11.8 Å². The van der Waals surface area contributed by atoms with Crippen LogP contribution in [0.3, 0.4) is 0 Å². The van der Waals surface area contributed by atoms with Gasteiger partial charge in [-0.15, -0.1) is 0 Å². The molecule has 0 radical (unpaired) electrons. The summed E-state index contributed by atoms with van der Waals surface area (Å²) in [5, 5.41) is 0. The van der Waals surface area contributed by atoms with Crippen molar-refractivity contribution in [2.24, 2.45) is 0 Å². The summed E-state index contributed by atoms with van der Waals surface area (Å²) in [4.78, 5) is 0. The molecule has 1 rings (SSSR count). The fourth-order valence-corrected chi connectivity index (χ4v) is 1.09. The Balaban J connectivity index is 2.99. The maximum absolute atomic E-state index is 5.20. The van der Waals surface area contributed by atoms with E-state index in [1.807, 2.05) is 32.0 Å². The van der Waals surface area contributed by atoms with E-state index < -0.39 is 0 Å². The second-order valence-corrected chi connectivity index (χ2v) is 2.84. The summed E-state index contributed by atoms with van der Waals surface area (Å²) in [5.41, 5.74) is 2.16. The molecule has 68 valence electrons. The number of benzene rings is 1. The van der Waals surface area contributed by atoms with Gasteiger partial charge in [0, 0.05) is 12.0 Å². The van der Waals surface area contributed by atoms with Crippen LogP contribution in [0.1, 0.15) is 24.5 Å². The van der Waals surface area contributed by atoms with Crippen molar-refractivity contribution in [3.63, 3.8) is 0 Å². The Bertz CT molecular complexity index is 342. The first kappa shape index (κ1) is 9.67. The lowest BCUT2D eigenvalue weighted by molar-refractivity contribution is 0.411. The molecule has 0 saturated heterocycles. The second kappa shape index (κ2) is 4.57. The standard InChI is InChI=1S/C12H14O/c1-4-5-6-11-8-7-10(2)12(9-11)13-3/h7-9H,4H2,1-3H3. The van der Waals surface area contributed by atoms with Crippen molar-refractivity contribution in [2.75, 3.05) is 7.11 Å². The summed E-state index contributed by atoms with van der Waals surface area (Å²) in [7, 11) is 1.68. The molecule has 0 amide bonds. The zero-order valence-electron chi connectivity index (χ0n) is 8.35. The predicted molar refractivity (Wildman–Crippen MR) is 54.9 cm³/mol. The first-order valence-electron chi connectivity index (χ1n) is 4.41. The van der Waals surface area contributed by atoms with Crippen molar-refractivity contribution in [2.45, 2.75) is 20.3 Å². The van der Waals surface area contributed by atoms with Gasteiger partial charge in [-0.25, -0.2) is 0 Å². The maximum atomic E-state index is 5.20. The van der Waals surface area contributed by atoms with Crippen LogP contribution in [0.15, 0.2) is 18.2 Å². The molecule has 0 spiro atoms. The average Bonchev–Trinajstić information content (AvgIpc) is 2.16. The van der Waals surface area contributed by atoms with Crippen molar-refractivity contribution in [1.29, 1.82) is 0 Å². The van der Waals surface area contributed by atoms with Gasteiger partial charge >= 0.3 is 0 Å². The maximum Gasteiger partial charge on any atom is 0.123 e. The Labute approximate surface area is 79.7 Å². The first-order valence-corrected chi connectivity index (χ1v) is 4.41. The first-order chi connectivity index (χ1) is 6.27. The monoisotopic (exact) mass is 174 g/mol. The molecule has 0 fully saturated rings. The van der Waals surface area contributed by atoms with Crippen LogP contribution in [0.5, 0.6) is 5.75 Å². The smallest absolute Gasteiger partial charge is 0.123 e. The van der Waals surface area contributed by atoms with E-state index in [-0.39, 0.29) is 0 Å². The predicted octanol–water partition coefficient (Wildman–Crippen LogP) is 2.77. The molecule has 13 heavy (non-hydrogen) atoms. The Morgan fingerprint density at radius 3 is 2.77 bits per heavy atom. The van der Waals surface area contributed by atoms with Gasteiger partial charge in [0.15, 0.2) is 0 Å². The van der Waals surface area contributed by atoms with E-state index in [1.54, 1.807) is 7.11 Å². The van der Waals surface area contributed by atoms with Gasteiger partial charge in [-0.05, 0) is 24.6 Å². The van der Waals surface area contributed by atoms with Crippen molar-refractivity contribution >= 4 is 0 Å². The summed E-state index contributed by atoms with van der Waals surface area (Å²) in [6, 6.07) is 6.01. The topological polar surface area (TPSA) is 9.23 Å². The van der Waals surface area contributed by atoms with Crippen molar-refractivity contribution in [3.05, 3.63) is 29.3 Å². The lowest BCUT2D eigenvalue weighted by atomic mass is 10.1. The van der Waals surface area contributed by atoms with E-state index >= 15 is 0 Å². The van der Waals surface area contributed by atoms with Crippen LogP contribution in [0.4, 0.5) is 0 Å². The summed E-state index contributed by atoms with van der Waals surface area (Å²) in [6.07, 6.45) is 0.885. The quantitative estimate of drug-likeness (QED) is 0.595. The molecule has 0 saturated carbocycles. The normalized spacial score (nSPS) is 8.85. The van der Waals surface area contributed by atoms with Gasteiger partial charge in [-0.1, -0.05) is 24.8 Å². The molecule has 1 nitrogen and oxygen atoms in total. The van der Waals surface area contributed by atoms with Gasteiger partial charge in [0.2, 0.25) is 0 Å². The fourth-order valence-electron chi connectivity index (χ4n) is 1.09. The van der Waals surface area contributed by atoms with Crippen LogP contribution in [0, 0.1) is 18.8 Å². The van der Waals surface area contributed by atoms with Gasteiger partial charge in [-0.2, -0.15) is 0 Å². The summed E-state index contributed by atoms with van der Waals surface area (Å²) >= 11 is 0. The summed E-state index contributed by atoms with van der Waals surface area (Å²) in [5.74, 6) is 7.00. The third kappa shape index (κ3) is 2.52. The number of methoxy groups -OCH3 is 1. The molecule has 0 unspecified atom stereocenters. The van der Waals surface area contributed by atoms with Crippen molar-refractivity contribution < 1.29 is 4.74 Å². The Morgan fingerprint density at radius 2 is 2.15 bits per heavy atom. The third-order valence-electron chi connectivity index (χ3n) is 1.82. The Kier molecular flexibility index (Phi) is 3.40.